The van der Waals surface area contributed by atoms with Crippen molar-refractivity contribution in [3.05, 3.63) is 82.9 Å². The van der Waals surface area contributed by atoms with Crippen LogP contribution in [0.3, 0.4) is 0 Å². The molecule has 1 aliphatic heterocycles. The summed E-state index contributed by atoms with van der Waals surface area (Å²) in [5.74, 6) is -6.80. The number of halogens is 5. The second kappa shape index (κ2) is 19.7. The molecule has 10 nitrogen and oxygen atoms in total. The lowest BCUT2D eigenvalue weighted by Gasteiger charge is -2.29. The molecule has 15 heteroatoms. The minimum Gasteiger partial charge on any atom is -0.444 e. The lowest BCUT2D eigenvalue weighted by Crippen LogP contribution is -2.44. The van der Waals surface area contributed by atoms with Crippen molar-refractivity contribution in [1.82, 2.24) is 15.5 Å². The maximum Gasteiger partial charge on any atom is 0.459 e. The molecule has 2 aliphatic rings. The molecule has 3 N–H and O–H groups in total. The zero-order valence-electron chi connectivity index (χ0n) is 35.6. The Labute approximate surface area is 354 Å². The number of aliphatic imine (C=N–C) groups is 1. The molecule has 0 radical (unpaired) electrons. The highest BCUT2D eigenvalue weighted by Crippen LogP contribution is 2.42. The van der Waals surface area contributed by atoms with Gasteiger partial charge in [0.1, 0.15) is 17.1 Å². The molecule has 0 aromatic heterocycles. The largest absolute Gasteiger partial charge is 0.459 e. The number of rotatable bonds is 16. The van der Waals surface area contributed by atoms with Gasteiger partial charge in [0.05, 0.1) is 5.69 Å². The molecule has 1 fully saturated rings. The predicted molar refractivity (Wildman–Crippen MR) is 225 cm³/mol. The third kappa shape index (κ3) is 12.9. The Morgan fingerprint density at radius 3 is 2.20 bits per heavy atom. The van der Waals surface area contributed by atoms with E-state index in [4.69, 9.17) is 4.74 Å². The van der Waals surface area contributed by atoms with Gasteiger partial charge in [-0.2, -0.15) is 22.0 Å². The summed E-state index contributed by atoms with van der Waals surface area (Å²) in [6, 6.07) is 17.1. The van der Waals surface area contributed by atoms with Crippen molar-refractivity contribution in [2.75, 3.05) is 39.0 Å². The van der Waals surface area contributed by atoms with Gasteiger partial charge in [0.25, 0.3) is 5.91 Å². The zero-order chi connectivity index (χ0) is 44.7. The molecule has 0 bridgehead atoms. The van der Waals surface area contributed by atoms with Crippen molar-refractivity contribution in [1.29, 1.82) is 0 Å². The Balaban J connectivity index is 1.28. The SMILES string of the molecule is Cc1cc(C(=O)NCCCN(C)C)ccc1-c1ccc(C[C@H](CC(=O)C2CCC(CNC(=O)OC(C)(C)C)CC2)C(=O)Nc2ccc3c(c2)N=C(C(F)(F)C(F)(F)F)C3)cc1. The second-order valence-corrected chi connectivity index (χ2v) is 17.5. The summed E-state index contributed by atoms with van der Waals surface area (Å²) in [5.41, 5.74) is 2.34. The number of amides is 3. The number of fused-ring (bicyclic) bond motifs is 1. The molecule has 1 heterocycles. The van der Waals surface area contributed by atoms with E-state index in [1.807, 2.05) is 57.4 Å². The van der Waals surface area contributed by atoms with Crippen LogP contribution in [-0.4, -0.2) is 85.7 Å². The molecule has 61 heavy (non-hydrogen) atoms. The summed E-state index contributed by atoms with van der Waals surface area (Å²) in [7, 11) is 3.96. The first kappa shape index (κ1) is 46.9. The van der Waals surface area contributed by atoms with Gasteiger partial charge in [0.2, 0.25) is 5.91 Å². The van der Waals surface area contributed by atoms with Crippen molar-refractivity contribution >= 4 is 40.8 Å². The molecule has 0 saturated heterocycles. The average Bonchev–Trinajstić information content (AvgIpc) is 3.62. The van der Waals surface area contributed by atoms with Crippen molar-refractivity contribution in [2.45, 2.75) is 96.8 Å². The van der Waals surface area contributed by atoms with Gasteiger partial charge >= 0.3 is 18.2 Å². The highest BCUT2D eigenvalue weighted by atomic mass is 19.4. The lowest BCUT2D eigenvalue weighted by atomic mass is 9.77. The van der Waals surface area contributed by atoms with Gasteiger partial charge in [-0.25, -0.2) is 4.79 Å². The van der Waals surface area contributed by atoms with Crippen LogP contribution in [0.2, 0.25) is 0 Å². The molecule has 3 aromatic rings. The van der Waals surface area contributed by atoms with Crippen LogP contribution in [0, 0.1) is 24.7 Å². The number of aryl methyl sites for hydroxylation is 1. The number of carbonyl (C=O) groups excluding carboxylic acids is 4. The number of carbonyl (C=O) groups is 4. The normalized spacial score (nSPS) is 17.3. The van der Waals surface area contributed by atoms with E-state index in [1.165, 1.54) is 18.2 Å². The van der Waals surface area contributed by atoms with E-state index in [1.54, 1.807) is 26.8 Å². The maximum atomic E-state index is 14.1. The lowest BCUT2D eigenvalue weighted by molar-refractivity contribution is -0.249. The van der Waals surface area contributed by atoms with E-state index in [0.717, 1.165) is 35.2 Å². The van der Waals surface area contributed by atoms with E-state index >= 15 is 0 Å². The minimum absolute atomic E-state index is 0.0784. The first-order valence-corrected chi connectivity index (χ1v) is 20.7. The Kier molecular flexibility index (Phi) is 15.1. The number of nitrogens with one attached hydrogen (secondary N) is 3. The first-order chi connectivity index (χ1) is 28.6. The van der Waals surface area contributed by atoms with Gasteiger partial charge in [-0.3, -0.25) is 19.4 Å². The van der Waals surface area contributed by atoms with Crippen molar-refractivity contribution in [3.8, 4) is 11.1 Å². The second-order valence-electron chi connectivity index (χ2n) is 17.5. The molecular weight excluding hydrogens is 798 g/mol. The maximum absolute atomic E-state index is 14.1. The highest BCUT2D eigenvalue weighted by Gasteiger charge is 2.61. The fourth-order valence-electron chi connectivity index (χ4n) is 7.68. The minimum atomic E-state index is -5.80. The Hall–Kier alpha value is -5.18. The van der Waals surface area contributed by atoms with Crippen LogP contribution in [0.25, 0.3) is 11.1 Å². The van der Waals surface area contributed by atoms with Crippen molar-refractivity contribution in [2.24, 2.45) is 22.7 Å². The van der Waals surface area contributed by atoms with Gasteiger partial charge in [-0.15, -0.1) is 0 Å². The fourth-order valence-corrected chi connectivity index (χ4v) is 7.68. The number of Topliss-reactive ketones (excluding diaryl/α,β-unsaturated/α-hetero) is 1. The third-order valence-electron chi connectivity index (χ3n) is 11.0. The Bertz CT molecular complexity index is 2090. The van der Waals surface area contributed by atoms with Crippen LogP contribution in [0.4, 0.5) is 38.1 Å². The molecule has 0 spiro atoms. The Morgan fingerprint density at radius 1 is 0.885 bits per heavy atom. The summed E-state index contributed by atoms with van der Waals surface area (Å²) in [5, 5.41) is 8.52. The Morgan fingerprint density at radius 2 is 1.57 bits per heavy atom. The molecule has 1 saturated carbocycles. The van der Waals surface area contributed by atoms with E-state index in [-0.39, 0.29) is 53.3 Å². The van der Waals surface area contributed by atoms with Gasteiger partial charge in [-0.1, -0.05) is 36.4 Å². The van der Waals surface area contributed by atoms with Crippen LogP contribution in [0.15, 0.2) is 65.7 Å². The molecular formula is C46H56F5N5O5. The van der Waals surface area contributed by atoms with Crippen LogP contribution < -0.4 is 16.0 Å². The highest BCUT2D eigenvalue weighted by molar-refractivity contribution is 6.01. The van der Waals surface area contributed by atoms with Crippen LogP contribution >= 0.6 is 0 Å². The summed E-state index contributed by atoms with van der Waals surface area (Å²) in [4.78, 5) is 58.3. The number of hydrogen-bond donors (Lipinski definition) is 3. The standard InChI is InChI=1S/C46H56F5N5O5/c1-28-22-34(41(58)52-20-7-21-56(5)6)17-19-37(28)31-12-8-29(9-13-31)23-35(24-39(57)32-14-10-30(11-15-32)27-53-43(60)61-44(2,3)4)42(59)54-36-18-16-33-25-40(55-38(33)26-36)45(47,48)46(49,50)51/h8-9,12-13,16-19,22,26,30,32,35H,7,10-11,14-15,20-21,23-25,27H2,1-6H3,(H,52,58)(H,53,60)(H,54,59)/t30?,32?,35-/m1/s1. The van der Waals surface area contributed by atoms with E-state index < -0.39 is 47.8 Å². The number of benzene rings is 3. The molecule has 5 rings (SSSR count). The first-order valence-electron chi connectivity index (χ1n) is 20.7. The van der Waals surface area contributed by atoms with E-state index in [9.17, 15) is 41.1 Å². The quantitative estimate of drug-likeness (QED) is 0.0974. The van der Waals surface area contributed by atoms with Gasteiger partial charge < -0.3 is 25.6 Å². The van der Waals surface area contributed by atoms with Crippen LogP contribution in [0.1, 0.15) is 86.3 Å². The predicted octanol–water partition coefficient (Wildman–Crippen LogP) is 9.26. The molecule has 3 amide bonds. The summed E-state index contributed by atoms with van der Waals surface area (Å²) in [6.45, 7) is 9.13. The van der Waals surface area contributed by atoms with Crippen molar-refractivity contribution < 1.29 is 45.9 Å². The smallest absolute Gasteiger partial charge is 0.444 e. The van der Waals surface area contributed by atoms with E-state index in [0.29, 0.717) is 44.3 Å². The third-order valence-corrected chi connectivity index (χ3v) is 11.0. The summed E-state index contributed by atoms with van der Waals surface area (Å²) >= 11 is 0. The number of ketones is 1. The molecule has 1 atom stereocenters. The van der Waals surface area contributed by atoms with Gasteiger partial charge in [0, 0.05) is 49.0 Å². The van der Waals surface area contributed by atoms with Crippen LogP contribution in [-0.2, 0) is 27.2 Å². The van der Waals surface area contributed by atoms with Crippen molar-refractivity contribution in [3.63, 3.8) is 0 Å². The number of hydrogen-bond acceptors (Lipinski definition) is 7. The summed E-state index contributed by atoms with van der Waals surface area (Å²) in [6.07, 6.45) is -3.45. The average molecular weight is 854 g/mol. The van der Waals surface area contributed by atoms with Gasteiger partial charge in [-0.05, 0) is 145 Å². The number of alkyl halides is 5. The monoisotopic (exact) mass is 853 g/mol. The number of alkyl carbamates (subject to hydrolysis) is 1. The number of anilines is 1. The topological polar surface area (TPSA) is 129 Å². The molecule has 0 unspecified atom stereocenters. The zero-order valence-corrected chi connectivity index (χ0v) is 35.6. The van der Waals surface area contributed by atoms with Gasteiger partial charge in [0.15, 0.2) is 0 Å². The molecule has 330 valence electrons. The molecule has 1 aliphatic carbocycles. The number of nitrogens with zero attached hydrogens (tertiary/aromatic N) is 2. The van der Waals surface area contributed by atoms with Crippen LogP contribution in [0.5, 0.6) is 0 Å². The fraction of sp³-hybridized carbons (Fsp3) is 0.500. The summed E-state index contributed by atoms with van der Waals surface area (Å²) < 4.78 is 72.8. The molecule has 3 aromatic carbocycles. The number of ether oxygens (including phenoxy) is 1. The van der Waals surface area contributed by atoms with E-state index in [2.05, 4.69) is 25.8 Å².